The summed E-state index contributed by atoms with van der Waals surface area (Å²) in [5, 5.41) is 17.2. The molecule has 0 saturated carbocycles. The molecular weight excluding hydrogens is 381 g/mol. The van der Waals surface area contributed by atoms with Crippen molar-refractivity contribution in [2.24, 2.45) is 0 Å². The predicted molar refractivity (Wildman–Crippen MR) is 114 cm³/mol. The summed E-state index contributed by atoms with van der Waals surface area (Å²) in [6.45, 7) is 2.23. The summed E-state index contributed by atoms with van der Waals surface area (Å²) in [7, 11) is 0. The zero-order valence-electron chi connectivity index (χ0n) is 16.3. The van der Waals surface area contributed by atoms with Gasteiger partial charge in [-0.2, -0.15) is 5.10 Å². The molecular formula is C24H20FN3O2. The molecule has 0 aliphatic heterocycles. The van der Waals surface area contributed by atoms with Crippen LogP contribution in [0.15, 0.2) is 79.0 Å². The fourth-order valence-electron chi connectivity index (χ4n) is 3.22. The van der Waals surface area contributed by atoms with E-state index in [2.05, 4.69) is 5.32 Å². The van der Waals surface area contributed by atoms with Crippen LogP contribution in [0, 0.1) is 12.7 Å². The Kier molecular flexibility index (Phi) is 5.30. The molecule has 0 spiro atoms. The van der Waals surface area contributed by atoms with E-state index in [0.717, 1.165) is 28.2 Å². The zero-order valence-corrected chi connectivity index (χ0v) is 16.3. The quantitative estimate of drug-likeness (QED) is 0.460. The normalized spacial score (nSPS) is 10.7. The Morgan fingerprint density at radius 1 is 1.07 bits per heavy atom. The number of benzene rings is 3. The van der Waals surface area contributed by atoms with Gasteiger partial charge in [0.15, 0.2) is 0 Å². The number of nitrogens with one attached hydrogen (secondary N) is 1. The van der Waals surface area contributed by atoms with Gasteiger partial charge in [-0.05, 0) is 55.0 Å². The third-order valence-corrected chi connectivity index (χ3v) is 4.86. The number of aryl methyl sites for hydroxylation is 1. The van der Waals surface area contributed by atoms with Crippen molar-refractivity contribution in [1.82, 2.24) is 9.78 Å². The molecule has 0 unspecified atom stereocenters. The Balaban J connectivity index is 1.67. The topological polar surface area (TPSA) is 67.2 Å². The van der Waals surface area contributed by atoms with E-state index in [9.17, 15) is 9.18 Å². The van der Waals surface area contributed by atoms with E-state index in [0.29, 0.717) is 12.1 Å². The molecule has 0 bridgehead atoms. The highest BCUT2D eigenvalue weighted by Gasteiger charge is 2.13. The molecule has 1 aromatic heterocycles. The number of anilines is 1. The minimum atomic E-state index is -0.966. The predicted octanol–water partition coefficient (Wildman–Crippen LogP) is 5.30. The number of hydrogen-bond acceptors (Lipinski definition) is 3. The summed E-state index contributed by atoms with van der Waals surface area (Å²) in [4.78, 5) is 11.1. The van der Waals surface area contributed by atoms with Gasteiger partial charge in [0, 0.05) is 29.6 Å². The van der Waals surface area contributed by atoms with Gasteiger partial charge in [0.2, 0.25) is 0 Å². The van der Waals surface area contributed by atoms with E-state index in [1.54, 1.807) is 48.0 Å². The first-order valence-electron chi connectivity index (χ1n) is 9.49. The van der Waals surface area contributed by atoms with Crippen molar-refractivity contribution in [3.8, 4) is 16.9 Å². The van der Waals surface area contributed by atoms with Crippen LogP contribution in [0.25, 0.3) is 16.9 Å². The lowest BCUT2D eigenvalue weighted by molar-refractivity contribution is 0.0697. The van der Waals surface area contributed by atoms with E-state index in [-0.39, 0.29) is 11.4 Å². The maximum atomic E-state index is 13.5. The Hall–Kier alpha value is -3.93. The van der Waals surface area contributed by atoms with Crippen molar-refractivity contribution in [2.75, 3.05) is 5.32 Å². The fourth-order valence-corrected chi connectivity index (χ4v) is 3.22. The van der Waals surface area contributed by atoms with Gasteiger partial charge < -0.3 is 10.4 Å². The third kappa shape index (κ3) is 4.07. The first kappa shape index (κ1) is 19.4. The number of carboxylic acids is 1. The molecule has 4 rings (SSSR count). The van der Waals surface area contributed by atoms with Crippen molar-refractivity contribution < 1.29 is 14.3 Å². The van der Waals surface area contributed by atoms with Crippen LogP contribution in [0.3, 0.4) is 0 Å². The average Bonchev–Trinajstić information content (AvgIpc) is 3.19. The van der Waals surface area contributed by atoms with E-state index in [4.69, 9.17) is 10.2 Å². The number of nitrogens with zero attached hydrogens (tertiary/aromatic N) is 2. The van der Waals surface area contributed by atoms with Crippen LogP contribution in [-0.4, -0.2) is 20.9 Å². The van der Waals surface area contributed by atoms with E-state index in [1.165, 1.54) is 6.07 Å². The Bertz CT molecular complexity index is 1190. The van der Waals surface area contributed by atoms with Gasteiger partial charge in [0.25, 0.3) is 0 Å². The molecule has 0 aliphatic rings. The molecule has 150 valence electrons. The molecule has 0 radical (unpaired) electrons. The SMILES string of the molecule is Cc1cc(NCc2cn(-c3ccc(C(=O)O)cc3)nc2-c2ccccc2)ccc1F. The second-order valence-corrected chi connectivity index (χ2v) is 6.98. The Morgan fingerprint density at radius 3 is 2.47 bits per heavy atom. The molecule has 0 amide bonds. The minimum Gasteiger partial charge on any atom is -0.478 e. The highest BCUT2D eigenvalue weighted by atomic mass is 19.1. The average molecular weight is 401 g/mol. The van der Waals surface area contributed by atoms with Crippen molar-refractivity contribution >= 4 is 11.7 Å². The molecule has 0 fully saturated rings. The van der Waals surface area contributed by atoms with Gasteiger partial charge in [-0.1, -0.05) is 30.3 Å². The molecule has 1 heterocycles. The van der Waals surface area contributed by atoms with Crippen LogP contribution < -0.4 is 5.32 Å². The maximum Gasteiger partial charge on any atom is 0.335 e. The lowest BCUT2D eigenvalue weighted by Gasteiger charge is -2.08. The summed E-state index contributed by atoms with van der Waals surface area (Å²) in [6.07, 6.45) is 1.92. The van der Waals surface area contributed by atoms with Gasteiger partial charge in [-0.3, -0.25) is 0 Å². The van der Waals surface area contributed by atoms with Crippen LogP contribution in [0.5, 0.6) is 0 Å². The van der Waals surface area contributed by atoms with Gasteiger partial charge in [-0.25, -0.2) is 13.9 Å². The van der Waals surface area contributed by atoms with Gasteiger partial charge in [-0.15, -0.1) is 0 Å². The molecule has 0 aliphatic carbocycles. The van der Waals surface area contributed by atoms with Crippen LogP contribution in [-0.2, 0) is 6.54 Å². The Morgan fingerprint density at radius 2 is 1.80 bits per heavy atom. The van der Waals surface area contributed by atoms with Gasteiger partial charge in [0.1, 0.15) is 5.82 Å². The zero-order chi connectivity index (χ0) is 21.1. The van der Waals surface area contributed by atoms with E-state index >= 15 is 0 Å². The summed E-state index contributed by atoms with van der Waals surface area (Å²) in [5.41, 5.74) is 5.16. The molecule has 4 aromatic rings. The monoisotopic (exact) mass is 401 g/mol. The van der Waals surface area contributed by atoms with Crippen LogP contribution in [0.1, 0.15) is 21.5 Å². The largest absolute Gasteiger partial charge is 0.478 e. The Labute approximate surface area is 173 Å². The highest BCUT2D eigenvalue weighted by molar-refractivity contribution is 5.87. The second-order valence-electron chi connectivity index (χ2n) is 6.98. The number of rotatable bonds is 6. The third-order valence-electron chi connectivity index (χ3n) is 4.86. The smallest absolute Gasteiger partial charge is 0.335 e. The number of hydrogen-bond donors (Lipinski definition) is 2. The van der Waals surface area contributed by atoms with Crippen LogP contribution in [0.4, 0.5) is 10.1 Å². The minimum absolute atomic E-state index is 0.225. The number of halogens is 1. The molecule has 3 aromatic carbocycles. The number of carbonyl (C=O) groups is 1. The van der Waals surface area contributed by atoms with Crippen molar-refractivity contribution in [3.05, 3.63) is 102 Å². The maximum absolute atomic E-state index is 13.5. The molecule has 2 N–H and O–H groups in total. The van der Waals surface area contributed by atoms with E-state index in [1.807, 2.05) is 36.5 Å². The van der Waals surface area contributed by atoms with Crippen molar-refractivity contribution in [3.63, 3.8) is 0 Å². The number of aromatic nitrogens is 2. The van der Waals surface area contributed by atoms with Crippen LogP contribution in [0.2, 0.25) is 0 Å². The summed E-state index contributed by atoms with van der Waals surface area (Å²) in [6, 6.07) is 21.3. The first-order valence-corrected chi connectivity index (χ1v) is 9.49. The second kappa shape index (κ2) is 8.21. The van der Waals surface area contributed by atoms with Crippen molar-refractivity contribution in [2.45, 2.75) is 13.5 Å². The van der Waals surface area contributed by atoms with Gasteiger partial charge in [0.05, 0.1) is 16.9 Å². The molecule has 0 atom stereocenters. The highest BCUT2D eigenvalue weighted by Crippen LogP contribution is 2.25. The molecule has 0 saturated heterocycles. The summed E-state index contributed by atoms with van der Waals surface area (Å²) < 4.78 is 15.3. The first-order chi connectivity index (χ1) is 14.5. The fraction of sp³-hybridized carbons (Fsp3) is 0.0833. The van der Waals surface area contributed by atoms with Crippen molar-refractivity contribution in [1.29, 1.82) is 0 Å². The lowest BCUT2D eigenvalue weighted by Crippen LogP contribution is -2.00. The number of aromatic carboxylic acids is 1. The molecule has 30 heavy (non-hydrogen) atoms. The van der Waals surface area contributed by atoms with Gasteiger partial charge >= 0.3 is 5.97 Å². The molecule has 6 heteroatoms. The standard InChI is InChI=1S/C24H20FN3O2/c1-16-13-20(9-12-22(16)25)26-14-19-15-28(21-10-7-18(8-11-21)24(29)30)27-23(19)17-5-3-2-4-6-17/h2-13,15,26H,14H2,1H3,(H,29,30). The van der Waals surface area contributed by atoms with E-state index < -0.39 is 5.97 Å². The molecule has 5 nitrogen and oxygen atoms in total. The number of carboxylic acid groups (broad SMARTS) is 1. The summed E-state index contributed by atoms with van der Waals surface area (Å²) in [5.74, 6) is -1.20. The van der Waals surface area contributed by atoms with Crippen LogP contribution >= 0.6 is 0 Å². The summed E-state index contributed by atoms with van der Waals surface area (Å²) >= 11 is 0. The lowest BCUT2D eigenvalue weighted by atomic mass is 10.1.